The molecule has 0 spiro atoms. The lowest BCUT2D eigenvalue weighted by molar-refractivity contribution is 1.04. The number of rotatable bonds is 4. The number of aryl methyl sites for hydroxylation is 1. The summed E-state index contributed by atoms with van der Waals surface area (Å²) in [6, 6.07) is 3.93. The number of nitrogens with zero attached hydrogens (tertiary/aromatic N) is 2. The number of aromatic nitrogens is 2. The molecule has 2 N–H and O–H groups in total. The summed E-state index contributed by atoms with van der Waals surface area (Å²) < 4.78 is 0. The first-order valence-corrected chi connectivity index (χ1v) is 6.11. The SMILES string of the molecule is CCNc1cc(Nc2ccsc2)nc(C)n1. The van der Waals surface area contributed by atoms with E-state index in [1.807, 2.05) is 36.7 Å². The van der Waals surface area contributed by atoms with Crippen molar-refractivity contribution in [3.8, 4) is 0 Å². The monoisotopic (exact) mass is 234 g/mol. The average molecular weight is 234 g/mol. The van der Waals surface area contributed by atoms with Gasteiger partial charge in [0.25, 0.3) is 0 Å². The smallest absolute Gasteiger partial charge is 0.136 e. The van der Waals surface area contributed by atoms with Crippen molar-refractivity contribution >= 4 is 28.7 Å². The van der Waals surface area contributed by atoms with Gasteiger partial charge in [-0.1, -0.05) is 0 Å². The summed E-state index contributed by atoms with van der Waals surface area (Å²) in [4.78, 5) is 8.63. The minimum absolute atomic E-state index is 0.760. The Labute approximate surface area is 98.8 Å². The third kappa shape index (κ3) is 2.70. The second kappa shape index (κ2) is 4.94. The van der Waals surface area contributed by atoms with Gasteiger partial charge in [0.05, 0.1) is 5.69 Å². The molecule has 0 aliphatic heterocycles. The number of hydrogen-bond acceptors (Lipinski definition) is 5. The van der Waals surface area contributed by atoms with Gasteiger partial charge < -0.3 is 10.6 Å². The first-order valence-electron chi connectivity index (χ1n) is 5.16. The third-order valence-corrected chi connectivity index (χ3v) is 2.67. The first kappa shape index (κ1) is 10.9. The Balaban J connectivity index is 2.20. The van der Waals surface area contributed by atoms with Gasteiger partial charge >= 0.3 is 0 Å². The van der Waals surface area contributed by atoms with E-state index in [1.54, 1.807) is 11.3 Å². The van der Waals surface area contributed by atoms with E-state index in [2.05, 4.69) is 20.6 Å². The molecule has 0 bridgehead atoms. The van der Waals surface area contributed by atoms with E-state index in [0.717, 1.165) is 29.7 Å². The predicted molar refractivity (Wildman–Crippen MR) is 68.5 cm³/mol. The molecule has 0 fully saturated rings. The van der Waals surface area contributed by atoms with Crippen LogP contribution in [0.1, 0.15) is 12.7 Å². The zero-order chi connectivity index (χ0) is 11.4. The van der Waals surface area contributed by atoms with Crippen LogP contribution in [0.2, 0.25) is 0 Å². The van der Waals surface area contributed by atoms with Crippen molar-refractivity contribution < 1.29 is 0 Å². The minimum Gasteiger partial charge on any atom is -0.370 e. The van der Waals surface area contributed by atoms with Crippen LogP contribution in [0.4, 0.5) is 17.3 Å². The second-order valence-corrected chi connectivity index (χ2v) is 4.13. The number of nitrogens with one attached hydrogen (secondary N) is 2. The van der Waals surface area contributed by atoms with E-state index >= 15 is 0 Å². The van der Waals surface area contributed by atoms with Crippen molar-refractivity contribution in [3.63, 3.8) is 0 Å². The first-order chi connectivity index (χ1) is 7.78. The normalized spacial score (nSPS) is 10.1. The molecule has 2 rings (SSSR count). The zero-order valence-electron chi connectivity index (χ0n) is 9.32. The van der Waals surface area contributed by atoms with Gasteiger partial charge in [0.1, 0.15) is 17.5 Å². The Bertz CT molecular complexity index is 453. The fraction of sp³-hybridized carbons (Fsp3) is 0.273. The van der Waals surface area contributed by atoms with Crippen molar-refractivity contribution in [1.82, 2.24) is 9.97 Å². The molecular weight excluding hydrogens is 220 g/mol. The van der Waals surface area contributed by atoms with Crippen molar-refractivity contribution in [3.05, 3.63) is 28.7 Å². The highest BCUT2D eigenvalue weighted by molar-refractivity contribution is 7.08. The highest BCUT2D eigenvalue weighted by Gasteiger charge is 2.01. The Hall–Kier alpha value is -1.62. The molecule has 84 valence electrons. The molecule has 5 heteroatoms. The summed E-state index contributed by atoms with van der Waals surface area (Å²) in [7, 11) is 0. The van der Waals surface area contributed by atoms with E-state index in [4.69, 9.17) is 0 Å². The number of anilines is 3. The quantitative estimate of drug-likeness (QED) is 0.853. The number of thiophene rings is 1. The van der Waals surface area contributed by atoms with Crippen LogP contribution in [0.3, 0.4) is 0 Å². The molecule has 4 nitrogen and oxygen atoms in total. The molecule has 0 amide bonds. The van der Waals surface area contributed by atoms with Crippen molar-refractivity contribution in [2.24, 2.45) is 0 Å². The molecule has 0 saturated carbocycles. The van der Waals surface area contributed by atoms with Crippen LogP contribution in [0.25, 0.3) is 0 Å². The summed E-state index contributed by atoms with van der Waals surface area (Å²) >= 11 is 1.66. The zero-order valence-corrected chi connectivity index (χ0v) is 10.1. The van der Waals surface area contributed by atoms with Crippen LogP contribution < -0.4 is 10.6 Å². The molecule has 0 aliphatic carbocycles. The molecule has 0 radical (unpaired) electrons. The Morgan fingerprint density at radius 2 is 2.12 bits per heavy atom. The highest BCUT2D eigenvalue weighted by atomic mass is 32.1. The summed E-state index contributed by atoms with van der Waals surface area (Å²) in [6.45, 7) is 4.79. The van der Waals surface area contributed by atoms with Crippen LogP contribution in [-0.2, 0) is 0 Å². The van der Waals surface area contributed by atoms with Crippen LogP contribution in [0, 0.1) is 6.92 Å². The maximum atomic E-state index is 4.33. The van der Waals surface area contributed by atoms with Gasteiger partial charge in [-0.15, -0.1) is 0 Å². The molecule has 0 unspecified atom stereocenters. The van der Waals surface area contributed by atoms with Crippen LogP contribution >= 0.6 is 11.3 Å². The fourth-order valence-electron chi connectivity index (χ4n) is 1.39. The van der Waals surface area contributed by atoms with Crippen LogP contribution in [-0.4, -0.2) is 16.5 Å². The topological polar surface area (TPSA) is 49.8 Å². The van der Waals surface area contributed by atoms with Gasteiger partial charge in [-0.3, -0.25) is 0 Å². The van der Waals surface area contributed by atoms with Crippen molar-refractivity contribution in [2.75, 3.05) is 17.2 Å². The predicted octanol–water partition coefficient (Wildman–Crippen LogP) is 3.02. The van der Waals surface area contributed by atoms with Crippen molar-refractivity contribution in [2.45, 2.75) is 13.8 Å². The lowest BCUT2D eigenvalue weighted by Gasteiger charge is -2.07. The maximum absolute atomic E-state index is 4.33. The van der Waals surface area contributed by atoms with E-state index < -0.39 is 0 Å². The summed E-state index contributed by atoms with van der Waals surface area (Å²) in [5.41, 5.74) is 1.06. The summed E-state index contributed by atoms with van der Waals surface area (Å²) in [5.74, 6) is 2.44. The molecule has 0 atom stereocenters. The van der Waals surface area contributed by atoms with Gasteiger partial charge in [-0.05, 0) is 25.3 Å². The van der Waals surface area contributed by atoms with Crippen LogP contribution in [0.5, 0.6) is 0 Å². The second-order valence-electron chi connectivity index (χ2n) is 3.35. The Morgan fingerprint density at radius 1 is 1.31 bits per heavy atom. The molecular formula is C11H14N4S. The van der Waals surface area contributed by atoms with E-state index in [1.165, 1.54) is 0 Å². The van der Waals surface area contributed by atoms with E-state index in [0.29, 0.717) is 0 Å². The Kier molecular flexibility index (Phi) is 3.36. The van der Waals surface area contributed by atoms with E-state index in [9.17, 15) is 0 Å². The van der Waals surface area contributed by atoms with Crippen LogP contribution in [0.15, 0.2) is 22.9 Å². The molecule has 0 aromatic carbocycles. The number of hydrogen-bond donors (Lipinski definition) is 2. The Morgan fingerprint density at radius 3 is 2.81 bits per heavy atom. The maximum Gasteiger partial charge on any atom is 0.136 e. The van der Waals surface area contributed by atoms with Gasteiger partial charge in [-0.2, -0.15) is 11.3 Å². The van der Waals surface area contributed by atoms with Crippen molar-refractivity contribution in [1.29, 1.82) is 0 Å². The third-order valence-electron chi connectivity index (χ3n) is 1.99. The molecule has 2 heterocycles. The molecule has 16 heavy (non-hydrogen) atoms. The molecule has 2 aromatic rings. The largest absolute Gasteiger partial charge is 0.370 e. The van der Waals surface area contributed by atoms with Gasteiger partial charge in [-0.25, -0.2) is 9.97 Å². The summed E-state index contributed by atoms with van der Waals surface area (Å²) in [6.07, 6.45) is 0. The molecule has 2 aromatic heterocycles. The lowest BCUT2D eigenvalue weighted by atomic mass is 10.4. The van der Waals surface area contributed by atoms with Gasteiger partial charge in [0.15, 0.2) is 0 Å². The lowest BCUT2D eigenvalue weighted by Crippen LogP contribution is -2.03. The fourth-order valence-corrected chi connectivity index (χ4v) is 1.97. The standard InChI is InChI=1S/C11H14N4S/c1-3-12-10-6-11(14-8(2)13-10)15-9-4-5-16-7-9/h4-7H,3H2,1-2H3,(H2,12,13,14,15). The molecule has 0 saturated heterocycles. The molecule has 0 aliphatic rings. The van der Waals surface area contributed by atoms with Gasteiger partial charge in [0.2, 0.25) is 0 Å². The van der Waals surface area contributed by atoms with E-state index in [-0.39, 0.29) is 0 Å². The highest BCUT2D eigenvalue weighted by Crippen LogP contribution is 2.19. The minimum atomic E-state index is 0.760. The average Bonchev–Trinajstić information content (AvgIpc) is 2.70. The summed E-state index contributed by atoms with van der Waals surface area (Å²) in [5, 5.41) is 10.5. The van der Waals surface area contributed by atoms with Gasteiger partial charge in [0, 0.05) is 18.0 Å².